The van der Waals surface area contributed by atoms with E-state index in [0.29, 0.717) is 17.2 Å². The van der Waals surface area contributed by atoms with Crippen molar-refractivity contribution in [1.82, 2.24) is 4.98 Å². The Hall–Kier alpha value is -1.99. The van der Waals surface area contributed by atoms with Gasteiger partial charge in [0, 0.05) is 6.20 Å². The molecular weight excluding hydrogens is 335 g/mol. The fraction of sp³-hybridized carbons (Fsp3) is 0.308. The SMILES string of the molecule is Cc1c(Cl)cnc(NC(=O)COC(=O)C2=COCCO2)c1Cl. The third-order valence-corrected chi connectivity index (χ3v) is 3.49. The molecule has 0 unspecified atom stereocenters. The van der Waals surface area contributed by atoms with Crippen LogP contribution >= 0.6 is 23.2 Å². The first-order chi connectivity index (χ1) is 10.5. The van der Waals surface area contributed by atoms with E-state index >= 15 is 0 Å². The minimum atomic E-state index is -0.791. The first-order valence-corrected chi connectivity index (χ1v) is 6.96. The Balaban J connectivity index is 1.89. The minimum Gasteiger partial charge on any atom is -0.493 e. The van der Waals surface area contributed by atoms with Crippen molar-refractivity contribution in [1.29, 1.82) is 0 Å². The molecule has 0 saturated carbocycles. The summed E-state index contributed by atoms with van der Waals surface area (Å²) in [6, 6.07) is 0. The van der Waals surface area contributed by atoms with Gasteiger partial charge in [-0.15, -0.1) is 0 Å². The molecule has 118 valence electrons. The Kier molecular flexibility index (Phi) is 5.46. The number of esters is 1. The maximum atomic E-state index is 11.7. The summed E-state index contributed by atoms with van der Waals surface area (Å²) in [5.41, 5.74) is 0.587. The van der Waals surface area contributed by atoms with E-state index in [4.69, 9.17) is 37.4 Å². The third-order valence-electron chi connectivity index (χ3n) is 2.64. The van der Waals surface area contributed by atoms with Crippen molar-refractivity contribution < 1.29 is 23.8 Å². The topological polar surface area (TPSA) is 86.8 Å². The Labute approximate surface area is 136 Å². The average Bonchev–Trinajstić information content (AvgIpc) is 2.54. The van der Waals surface area contributed by atoms with Crippen LogP contribution in [0.15, 0.2) is 18.2 Å². The lowest BCUT2D eigenvalue weighted by atomic mass is 10.3. The number of rotatable bonds is 4. The van der Waals surface area contributed by atoms with Crippen LogP contribution in [0.1, 0.15) is 5.56 Å². The number of aromatic nitrogens is 1. The smallest absolute Gasteiger partial charge is 0.377 e. The van der Waals surface area contributed by atoms with E-state index in [2.05, 4.69) is 10.3 Å². The Morgan fingerprint density at radius 3 is 2.86 bits per heavy atom. The summed E-state index contributed by atoms with van der Waals surface area (Å²) in [4.78, 5) is 27.2. The average molecular weight is 347 g/mol. The lowest BCUT2D eigenvalue weighted by molar-refractivity contribution is -0.148. The van der Waals surface area contributed by atoms with Crippen molar-refractivity contribution >= 4 is 40.9 Å². The second-order valence-corrected chi connectivity index (χ2v) is 5.00. The molecule has 1 aromatic heterocycles. The van der Waals surface area contributed by atoms with Gasteiger partial charge in [-0.05, 0) is 12.5 Å². The van der Waals surface area contributed by atoms with Gasteiger partial charge in [-0.25, -0.2) is 9.78 Å². The highest BCUT2D eigenvalue weighted by Gasteiger charge is 2.18. The van der Waals surface area contributed by atoms with Crippen LogP contribution in [0.3, 0.4) is 0 Å². The minimum absolute atomic E-state index is 0.0856. The number of carbonyl (C=O) groups is 2. The first-order valence-electron chi connectivity index (χ1n) is 6.21. The molecule has 0 fully saturated rings. The number of anilines is 1. The summed E-state index contributed by atoms with van der Waals surface area (Å²) in [6.45, 7) is 1.78. The zero-order valence-corrected chi connectivity index (χ0v) is 13.0. The summed E-state index contributed by atoms with van der Waals surface area (Å²) < 4.78 is 14.7. The van der Waals surface area contributed by atoms with Crippen LogP contribution < -0.4 is 5.32 Å². The highest BCUT2D eigenvalue weighted by atomic mass is 35.5. The second kappa shape index (κ2) is 7.33. The van der Waals surface area contributed by atoms with Gasteiger partial charge in [-0.2, -0.15) is 0 Å². The molecule has 22 heavy (non-hydrogen) atoms. The predicted molar refractivity (Wildman–Crippen MR) is 78.6 cm³/mol. The van der Waals surface area contributed by atoms with Gasteiger partial charge in [-0.1, -0.05) is 23.2 Å². The molecule has 1 aliphatic rings. The number of pyridine rings is 1. The fourth-order valence-corrected chi connectivity index (χ4v) is 1.88. The molecule has 0 aliphatic carbocycles. The quantitative estimate of drug-likeness (QED) is 0.839. The largest absolute Gasteiger partial charge is 0.493 e. The molecule has 0 saturated heterocycles. The summed E-state index contributed by atoms with van der Waals surface area (Å²) in [7, 11) is 0. The van der Waals surface area contributed by atoms with Crippen molar-refractivity contribution in [3.05, 3.63) is 33.8 Å². The van der Waals surface area contributed by atoms with Crippen LogP contribution in [0.4, 0.5) is 5.82 Å². The van der Waals surface area contributed by atoms with E-state index in [0.717, 1.165) is 6.26 Å². The molecule has 1 aromatic rings. The van der Waals surface area contributed by atoms with Gasteiger partial charge in [0.1, 0.15) is 19.5 Å². The number of hydrogen-bond donors (Lipinski definition) is 1. The van der Waals surface area contributed by atoms with Crippen LogP contribution in [0.2, 0.25) is 10.0 Å². The monoisotopic (exact) mass is 346 g/mol. The first kappa shape index (κ1) is 16.4. The number of nitrogens with zero attached hydrogens (tertiary/aromatic N) is 1. The number of ether oxygens (including phenoxy) is 3. The summed E-state index contributed by atoms with van der Waals surface area (Å²) >= 11 is 11.9. The highest BCUT2D eigenvalue weighted by molar-refractivity contribution is 6.37. The van der Waals surface area contributed by atoms with Crippen molar-refractivity contribution in [2.24, 2.45) is 0 Å². The van der Waals surface area contributed by atoms with E-state index in [9.17, 15) is 9.59 Å². The molecular formula is C13H12Cl2N2O5. The summed E-state index contributed by atoms with van der Waals surface area (Å²) in [5, 5.41) is 3.03. The van der Waals surface area contributed by atoms with E-state index in [-0.39, 0.29) is 23.2 Å². The predicted octanol–water partition coefficient (Wildman–Crippen LogP) is 2.07. The fourth-order valence-electron chi connectivity index (χ4n) is 1.49. The van der Waals surface area contributed by atoms with Crippen molar-refractivity contribution in [2.45, 2.75) is 6.92 Å². The second-order valence-electron chi connectivity index (χ2n) is 4.22. The lowest BCUT2D eigenvalue weighted by Crippen LogP contribution is -2.24. The van der Waals surface area contributed by atoms with Crippen LogP contribution in [-0.4, -0.2) is 36.7 Å². The van der Waals surface area contributed by atoms with Gasteiger partial charge in [0.05, 0.1) is 10.0 Å². The normalized spacial score (nSPS) is 13.5. The zero-order chi connectivity index (χ0) is 16.1. The van der Waals surface area contributed by atoms with Crippen LogP contribution in [0.5, 0.6) is 0 Å². The molecule has 0 atom stereocenters. The van der Waals surface area contributed by atoms with Gasteiger partial charge < -0.3 is 19.5 Å². The number of nitrogens with one attached hydrogen (secondary N) is 1. The lowest BCUT2D eigenvalue weighted by Gasteiger charge is -2.14. The van der Waals surface area contributed by atoms with Crippen LogP contribution in [0, 0.1) is 6.92 Å². The zero-order valence-electron chi connectivity index (χ0n) is 11.5. The maximum absolute atomic E-state index is 11.7. The van der Waals surface area contributed by atoms with Crippen molar-refractivity contribution in [2.75, 3.05) is 25.1 Å². The molecule has 2 rings (SSSR count). The van der Waals surface area contributed by atoms with Crippen molar-refractivity contribution in [3.8, 4) is 0 Å². The van der Waals surface area contributed by atoms with E-state index in [1.165, 1.54) is 6.20 Å². The third kappa shape index (κ3) is 4.02. The number of hydrogen-bond acceptors (Lipinski definition) is 6. The molecule has 7 nitrogen and oxygen atoms in total. The van der Waals surface area contributed by atoms with E-state index in [1.807, 2.05) is 0 Å². The maximum Gasteiger partial charge on any atom is 0.377 e. The summed E-state index contributed by atoms with van der Waals surface area (Å²) in [5.74, 6) is -1.33. The Bertz CT molecular complexity index is 633. The Morgan fingerprint density at radius 1 is 1.41 bits per heavy atom. The standard InChI is InChI=1S/C13H12Cl2N2O5/c1-7-8(14)4-16-12(11(7)15)17-10(18)6-22-13(19)9-5-20-2-3-21-9/h4-5H,2-3,6H2,1H3,(H,16,17,18). The molecule has 1 N–H and O–H groups in total. The molecule has 0 aromatic carbocycles. The number of carbonyl (C=O) groups excluding carboxylic acids is 2. The van der Waals surface area contributed by atoms with Crippen LogP contribution in [0.25, 0.3) is 0 Å². The van der Waals surface area contributed by atoms with E-state index in [1.54, 1.807) is 6.92 Å². The molecule has 0 spiro atoms. The van der Waals surface area contributed by atoms with Gasteiger partial charge in [-0.3, -0.25) is 4.79 Å². The van der Waals surface area contributed by atoms with Gasteiger partial charge >= 0.3 is 5.97 Å². The van der Waals surface area contributed by atoms with Crippen molar-refractivity contribution in [3.63, 3.8) is 0 Å². The molecule has 2 heterocycles. The number of halogens is 2. The summed E-state index contributed by atoms with van der Waals surface area (Å²) in [6.07, 6.45) is 2.51. The van der Waals surface area contributed by atoms with Gasteiger partial charge in [0.25, 0.3) is 5.91 Å². The van der Waals surface area contributed by atoms with Gasteiger partial charge in [0.2, 0.25) is 5.76 Å². The molecule has 0 radical (unpaired) electrons. The molecule has 1 amide bonds. The molecule has 1 aliphatic heterocycles. The Morgan fingerprint density at radius 2 is 2.18 bits per heavy atom. The molecule has 0 bridgehead atoms. The number of amides is 1. The highest BCUT2D eigenvalue weighted by Crippen LogP contribution is 2.28. The van der Waals surface area contributed by atoms with Gasteiger partial charge in [0.15, 0.2) is 12.4 Å². The van der Waals surface area contributed by atoms with E-state index < -0.39 is 18.5 Å². The van der Waals surface area contributed by atoms with Crippen LogP contribution in [-0.2, 0) is 23.8 Å². The molecule has 9 heteroatoms.